The molecular formula is C14H15F7O. The van der Waals surface area contributed by atoms with Crippen LogP contribution >= 0.6 is 0 Å². The van der Waals surface area contributed by atoms with E-state index >= 15 is 0 Å². The first-order valence-corrected chi connectivity index (χ1v) is 6.52. The lowest BCUT2D eigenvalue weighted by Crippen LogP contribution is -2.53. The van der Waals surface area contributed by atoms with Gasteiger partial charge in [-0.2, -0.15) is 30.7 Å². The number of halogens is 7. The van der Waals surface area contributed by atoms with Gasteiger partial charge < -0.3 is 5.11 Å². The molecule has 0 radical (unpaired) electrons. The summed E-state index contributed by atoms with van der Waals surface area (Å²) in [5.74, 6) is -11.5. The molecule has 0 saturated carbocycles. The van der Waals surface area contributed by atoms with Crippen molar-refractivity contribution in [2.75, 3.05) is 0 Å². The Morgan fingerprint density at radius 2 is 1.45 bits per heavy atom. The van der Waals surface area contributed by atoms with Crippen LogP contribution in [0.4, 0.5) is 30.7 Å². The molecule has 126 valence electrons. The maximum atomic E-state index is 13.1. The summed E-state index contributed by atoms with van der Waals surface area (Å²) in [6, 6.07) is 8.74. The van der Waals surface area contributed by atoms with Gasteiger partial charge in [0.15, 0.2) is 0 Å². The maximum Gasteiger partial charge on any atom is 0.459 e. The third kappa shape index (κ3) is 4.59. The van der Waals surface area contributed by atoms with Gasteiger partial charge in [0.05, 0.1) is 6.10 Å². The predicted molar refractivity (Wildman–Crippen MR) is 66.0 cm³/mol. The van der Waals surface area contributed by atoms with Crippen LogP contribution in [0.3, 0.4) is 0 Å². The number of hydrogen-bond acceptors (Lipinski definition) is 1. The van der Waals surface area contributed by atoms with Crippen LogP contribution in [0.15, 0.2) is 30.3 Å². The maximum absolute atomic E-state index is 13.1. The van der Waals surface area contributed by atoms with E-state index in [1.54, 1.807) is 30.3 Å². The Hall–Kier alpha value is -1.31. The third-order valence-electron chi connectivity index (χ3n) is 3.15. The van der Waals surface area contributed by atoms with E-state index in [0.717, 1.165) is 5.56 Å². The fraction of sp³-hybridized carbons (Fsp3) is 0.571. The standard InChI is InChI=1S/C14H15F7O/c15-12(16,13(17,18)14(19,20)21)9-11(22)8-4-7-10-5-2-1-3-6-10/h1-3,5-6,11,22H,4,7-9H2. The SMILES string of the molecule is OC(CCCc1ccccc1)CC(F)(F)C(F)(F)C(F)(F)F. The second-order valence-electron chi connectivity index (χ2n) is 5.01. The van der Waals surface area contributed by atoms with Crippen molar-refractivity contribution >= 4 is 0 Å². The molecule has 1 rings (SSSR count). The molecule has 1 nitrogen and oxygen atoms in total. The van der Waals surface area contributed by atoms with Crippen LogP contribution in [0.2, 0.25) is 0 Å². The highest BCUT2D eigenvalue weighted by atomic mass is 19.4. The first kappa shape index (κ1) is 18.7. The van der Waals surface area contributed by atoms with Gasteiger partial charge in [0, 0.05) is 6.42 Å². The van der Waals surface area contributed by atoms with E-state index in [1.165, 1.54) is 0 Å². The lowest BCUT2D eigenvalue weighted by atomic mass is 9.99. The molecule has 0 aliphatic rings. The van der Waals surface area contributed by atoms with Gasteiger partial charge in [-0.1, -0.05) is 30.3 Å². The minimum absolute atomic E-state index is 0.193. The van der Waals surface area contributed by atoms with Crippen molar-refractivity contribution in [1.29, 1.82) is 0 Å². The number of hydrogen-bond donors (Lipinski definition) is 1. The Morgan fingerprint density at radius 3 is 1.95 bits per heavy atom. The smallest absolute Gasteiger partial charge is 0.393 e. The highest BCUT2D eigenvalue weighted by Gasteiger charge is 2.72. The van der Waals surface area contributed by atoms with Crippen molar-refractivity contribution in [3.8, 4) is 0 Å². The number of aryl methyl sites for hydroxylation is 1. The monoisotopic (exact) mass is 332 g/mol. The van der Waals surface area contributed by atoms with E-state index in [0.29, 0.717) is 6.42 Å². The molecule has 1 N–H and O–H groups in total. The van der Waals surface area contributed by atoms with Crippen molar-refractivity contribution in [3.63, 3.8) is 0 Å². The van der Waals surface area contributed by atoms with Gasteiger partial charge >= 0.3 is 18.0 Å². The summed E-state index contributed by atoms with van der Waals surface area (Å²) in [7, 11) is 0. The molecule has 0 saturated heterocycles. The average molecular weight is 332 g/mol. The largest absolute Gasteiger partial charge is 0.459 e. The van der Waals surface area contributed by atoms with Gasteiger partial charge in [-0.3, -0.25) is 0 Å². The lowest BCUT2D eigenvalue weighted by Gasteiger charge is -2.29. The predicted octanol–water partition coefficient (Wildman–Crippen LogP) is 4.59. The van der Waals surface area contributed by atoms with Crippen molar-refractivity contribution < 1.29 is 35.8 Å². The quantitative estimate of drug-likeness (QED) is 0.724. The Balaban J connectivity index is 2.51. The lowest BCUT2D eigenvalue weighted by molar-refractivity contribution is -0.358. The highest BCUT2D eigenvalue weighted by Crippen LogP contribution is 2.48. The minimum atomic E-state index is -6.36. The van der Waals surface area contributed by atoms with E-state index in [1.807, 2.05) is 0 Å². The zero-order valence-corrected chi connectivity index (χ0v) is 11.4. The second kappa shape index (κ2) is 6.85. The summed E-state index contributed by atoms with van der Waals surface area (Å²) in [4.78, 5) is 0. The van der Waals surface area contributed by atoms with E-state index in [9.17, 15) is 35.8 Å². The molecule has 1 aromatic carbocycles. The van der Waals surface area contributed by atoms with Crippen LogP contribution in [-0.2, 0) is 6.42 Å². The van der Waals surface area contributed by atoms with Crippen LogP contribution < -0.4 is 0 Å². The fourth-order valence-electron chi connectivity index (χ4n) is 1.92. The van der Waals surface area contributed by atoms with Gasteiger partial charge in [-0.05, 0) is 24.8 Å². The molecule has 0 aliphatic heterocycles. The number of aliphatic hydroxyl groups excluding tert-OH is 1. The van der Waals surface area contributed by atoms with E-state index < -0.39 is 30.5 Å². The minimum Gasteiger partial charge on any atom is -0.393 e. The van der Waals surface area contributed by atoms with Gasteiger partial charge in [0.1, 0.15) is 0 Å². The van der Waals surface area contributed by atoms with Gasteiger partial charge in [-0.25, -0.2) is 0 Å². The highest BCUT2D eigenvalue weighted by molar-refractivity contribution is 5.14. The first-order valence-electron chi connectivity index (χ1n) is 6.52. The molecule has 8 heteroatoms. The number of rotatable bonds is 7. The molecule has 1 unspecified atom stereocenters. The van der Waals surface area contributed by atoms with Gasteiger partial charge in [0.2, 0.25) is 0 Å². The van der Waals surface area contributed by atoms with E-state index in [4.69, 9.17) is 0 Å². The van der Waals surface area contributed by atoms with Crippen molar-refractivity contribution in [3.05, 3.63) is 35.9 Å². The Bertz CT molecular complexity index is 456. The van der Waals surface area contributed by atoms with Gasteiger partial charge in [-0.15, -0.1) is 0 Å². The average Bonchev–Trinajstić information content (AvgIpc) is 2.37. The number of alkyl halides is 7. The summed E-state index contributed by atoms with van der Waals surface area (Å²) in [5.41, 5.74) is 0.849. The number of benzene rings is 1. The van der Waals surface area contributed by atoms with Crippen molar-refractivity contribution in [2.45, 2.75) is 49.8 Å². The Morgan fingerprint density at radius 1 is 0.909 bits per heavy atom. The normalized spacial score (nSPS) is 14.9. The molecule has 22 heavy (non-hydrogen) atoms. The summed E-state index contributed by atoms with van der Waals surface area (Å²) in [5, 5.41) is 9.31. The molecule has 0 heterocycles. The molecule has 0 aliphatic carbocycles. The first-order chi connectivity index (χ1) is 9.97. The molecule has 0 bridgehead atoms. The van der Waals surface area contributed by atoms with Crippen molar-refractivity contribution in [1.82, 2.24) is 0 Å². The third-order valence-corrected chi connectivity index (χ3v) is 3.15. The molecular weight excluding hydrogens is 317 g/mol. The van der Waals surface area contributed by atoms with Crippen LogP contribution in [0.1, 0.15) is 24.8 Å². The summed E-state index contributed by atoms with van der Waals surface area (Å²) >= 11 is 0. The zero-order valence-electron chi connectivity index (χ0n) is 11.4. The molecule has 0 amide bonds. The molecule has 0 spiro atoms. The van der Waals surface area contributed by atoms with E-state index in [2.05, 4.69) is 0 Å². The van der Waals surface area contributed by atoms with E-state index in [-0.39, 0.29) is 12.8 Å². The van der Waals surface area contributed by atoms with Gasteiger partial charge in [0.25, 0.3) is 0 Å². The second-order valence-corrected chi connectivity index (χ2v) is 5.01. The Labute approximate surface area is 122 Å². The summed E-state index contributed by atoms with van der Waals surface area (Å²) in [6.07, 6.45) is -9.93. The number of aliphatic hydroxyl groups is 1. The zero-order chi connectivity index (χ0) is 17.0. The molecule has 1 aromatic rings. The molecule has 0 fully saturated rings. The van der Waals surface area contributed by atoms with Crippen LogP contribution in [0, 0.1) is 0 Å². The molecule has 1 atom stereocenters. The Kier molecular flexibility index (Phi) is 5.83. The topological polar surface area (TPSA) is 20.2 Å². The van der Waals surface area contributed by atoms with Crippen molar-refractivity contribution in [2.24, 2.45) is 0 Å². The molecule has 0 aromatic heterocycles. The van der Waals surface area contributed by atoms with Crippen LogP contribution in [0.25, 0.3) is 0 Å². The summed E-state index contributed by atoms with van der Waals surface area (Å²) in [6.45, 7) is 0. The summed E-state index contributed by atoms with van der Waals surface area (Å²) < 4.78 is 87.3. The van der Waals surface area contributed by atoms with Crippen LogP contribution in [-0.4, -0.2) is 29.2 Å². The fourth-order valence-corrected chi connectivity index (χ4v) is 1.92. The van der Waals surface area contributed by atoms with Crippen LogP contribution in [0.5, 0.6) is 0 Å².